The average molecular weight is 177 g/mol. The fraction of sp³-hybridized carbons (Fsp3) is 0.455. The number of hydrogen-bond donors (Lipinski definition) is 0. The number of aromatic nitrogens is 1. The number of carbonyl (C=O) groups is 1. The molecule has 1 rings (SSSR count). The van der Waals surface area contributed by atoms with Gasteiger partial charge in [-0.2, -0.15) is 0 Å². The van der Waals surface area contributed by atoms with Gasteiger partial charge in [0.25, 0.3) is 0 Å². The summed E-state index contributed by atoms with van der Waals surface area (Å²) in [7, 11) is 0. The van der Waals surface area contributed by atoms with E-state index in [1.807, 2.05) is 18.2 Å². The molecule has 0 radical (unpaired) electrons. The van der Waals surface area contributed by atoms with Crippen molar-refractivity contribution in [3.8, 4) is 0 Å². The molecule has 0 amide bonds. The molecule has 0 saturated carbocycles. The Bertz CT molecular complexity index is 256. The summed E-state index contributed by atoms with van der Waals surface area (Å²) in [5, 5.41) is 0. The molecule has 70 valence electrons. The highest BCUT2D eigenvalue weighted by molar-refractivity contribution is 5.51. The monoisotopic (exact) mass is 177 g/mol. The Hall–Kier alpha value is -1.18. The maximum absolute atomic E-state index is 10.5. The van der Waals surface area contributed by atoms with Gasteiger partial charge in [-0.15, -0.1) is 0 Å². The third-order valence-corrected chi connectivity index (χ3v) is 2.22. The minimum Gasteiger partial charge on any atom is -0.303 e. The summed E-state index contributed by atoms with van der Waals surface area (Å²) in [6.45, 7) is 4.23. The van der Waals surface area contributed by atoms with Crippen LogP contribution >= 0.6 is 0 Å². The highest BCUT2D eigenvalue weighted by atomic mass is 16.1. The molecule has 13 heavy (non-hydrogen) atoms. The number of rotatable bonds is 4. The number of aldehydes is 1. The average Bonchev–Trinajstić information content (AvgIpc) is 2.15. The van der Waals surface area contributed by atoms with E-state index >= 15 is 0 Å². The second kappa shape index (κ2) is 4.75. The quantitative estimate of drug-likeness (QED) is 0.661. The van der Waals surface area contributed by atoms with E-state index in [0.29, 0.717) is 12.3 Å². The Kier molecular flexibility index (Phi) is 3.62. The SMILES string of the molecule is CC(C)C(CC=O)c1ccccn1. The highest BCUT2D eigenvalue weighted by Gasteiger charge is 2.15. The van der Waals surface area contributed by atoms with Crippen LogP contribution in [0.4, 0.5) is 0 Å². The lowest BCUT2D eigenvalue weighted by Crippen LogP contribution is -2.08. The fourth-order valence-corrected chi connectivity index (χ4v) is 1.43. The Balaban J connectivity index is 2.82. The largest absolute Gasteiger partial charge is 0.303 e. The first-order chi connectivity index (χ1) is 6.25. The Labute approximate surface area is 79.0 Å². The van der Waals surface area contributed by atoms with Gasteiger partial charge >= 0.3 is 0 Å². The number of pyridine rings is 1. The van der Waals surface area contributed by atoms with Gasteiger partial charge in [-0.25, -0.2) is 0 Å². The molecule has 0 aliphatic rings. The molecule has 0 aromatic carbocycles. The number of carbonyl (C=O) groups excluding carboxylic acids is 1. The summed E-state index contributed by atoms with van der Waals surface area (Å²) < 4.78 is 0. The van der Waals surface area contributed by atoms with Crippen molar-refractivity contribution in [2.24, 2.45) is 5.92 Å². The van der Waals surface area contributed by atoms with Crippen molar-refractivity contribution in [3.05, 3.63) is 30.1 Å². The Morgan fingerprint density at radius 2 is 2.23 bits per heavy atom. The van der Waals surface area contributed by atoms with Crippen molar-refractivity contribution in [1.29, 1.82) is 0 Å². The molecule has 0 aliphatic carbocycles. The lowest BCUT2D eigenvalue weighted by molar-refractivity contribution is -0.108. The first-order valence-electron chi connectivity index (χ1n) is 4.60. The van der Waals surface area contributed by atoms with Crippen LogP contribution in [0, 0.1) is 5.92 Å². The van der Waals surface area contributed by atoms with Crippen LogP contribution in [-0.4, -0.2) is 11.3 Å². The molecule has 1 aromatic heterocycles. The van der Waals surface area contributed by atoms with E-state index < -0.39 is 0 Å². The normalized spacial score (nSPS) is 12.8. The minimum absolute atomic E-state index is 0.263. The van der Waals surface area contributed by atoms with Crippen LogP contribution in [-0.2, 0) is 4.79 Å². The molecule has 1 aromatic rings. The predicted octanol–water partition coefficient (Wildman–Crippen LogP) is 2.41. The van der Waals surface area contributed by atoms with Gasteiger partial charge in [0.05, 0.1) is 0 Å². The van der Waals surface area contributed by atoms with Crippen LogP contribution in [0.15, 0.2) is 24.4 Å². The molecule has 1 unspecified atom stereocenters. The first kappa shape index (κ1) is 9.90. The van der Waals surface area contributed by atoms with E-state index in [4.69, 9.17) is 0 Å². The van der Waals surface area contributed by atoms with Crippen molar-refractivity contribution in [1.82, 2.24) is 4.98 Å². The Morgan fingerprint density at radius 1 is 1.46 bits per heavy atom. The van der Waals surface area contributed by atoms with Crippen molar-refractivity contribution < 1.29 is 4.79 Å². The molecule has 0 aliphatic heterocycles. The van der Waals surface area contributed by atoms with E-state index in [0.717, 1.165) is 12.0 Å². The molecular formula is C11H15NO. The summed E-state index contributed by atoms with van der Waals surface area (Å²) in [5.41, 5.74) is 1.02. The molecule has 2 nitrogen and oxygen atoms in total. The van der Waals surface area contributed by atoms with Gasteiger partial charge in [-0.1, -0.05) is 19.9 Å². The van der Waals surface area contributed by atoms with Crippen LogP contribution < -0.4 is 0 Å². The molecule has 0 bridgehead atoms. The maximum atomic E-state index is 10.5. The van der Waals surface area contributed by atoms with Gasteiger partial charge in [-0.05, 0) is 18.1 Å². The van der Waals surface area contributed by atoms with E-state index in [1.54, 1.807) is 6.20 Å². The van der Waals surface area contributed by atoms with Crippen LogP contribution in [0.2, 0.25) is 0 Å². The van der Waals surface area contributed by atoms with Gasteiger partial charge in [0.15, 0.2) is 0 Å². The first-order valence-corrected chi connectivity index (χ1v) is 4.60. The maximum Gasteiger partial charge on any atom is 0.120 e. The van der Waals surface area contributed by atoms with Crippen molar-refractivity contribution >= 4 is 6.29 Å². The fourth-order valence-electron chi connectivity index (χ4n) is 1.43. The van der Waals surface area contributed by atoms with E-state index in [1.165, 1.54) is 0 Å². The molecule has 1 heterocycles. The topological polar surface area (TPSA) is 30.0 Å². The standard InChI is InChI=1S/C11H15NO/c1-9(2)10(6-8-13)11-5-3-4-7-12-11/h3-5,7-10H,6H2,1-2H3. The smallest absolute Gasteiger partial charge is 0.120 e. The lowest BCUT2D eigenvalue weighted by Gasteiger charge is -2.17. The zero-order valence-corrected chi connectivity index (χ0v) is 8.10. The van der Waals surface area contributed by atoms with Gasteiger partial charge in [0.1, 0.15) is 6.29 Å². The van der Waals surface area contributed by atoms with Crippen molar-refractivity contribution in [2.45, 2.75) is 26.2 Å². The molecule has 2 heteroatoms. The third kappa shape index (κ3) is 2.65. The molecular weight excluding hydrogens is 162 g/mol. The van der Waals surface area contributed by atoms with E-state index in [2.05, 4.69) is 18.8 Å². The molecule has 1 atom stereocenters. The number of hydrogen-bond acceptors (Lipinski definition) is 2. The molecule has 0 N–H and O–H groups in total. The van der Waals surface area contributed by atoms with Gasteiger partial charge < -0.3 is 4.79 Å². The van der Waals surface area contributed by atoms with E-state index in [9.17, 15) is 4.79 Å². The second-order valence-electron chi connectivity index (χ2n) is 3.51. The summed E-state index contributed by atoms with van der Waals surface area (Å²) in [6, 6.07) is 5.83. The van der Waals surface area contributed by atoms with Crippen LogP contribution in [0.1, 0.15) is 31.9 Å². The van der Waals surface area contributed by atoms with Crippen LogP contribution in [0.3, 0.4) is 0 Å². The summed E-state index contributed by atoms with van der Waals surface area (Å²) in [4.78, 5) is 14.7. The second-order valence-corrected chi connectivity index (χ2v) is 3.51. The van der Waals surface area contributed by atoms with Crippen molar-refractivity contribution in [3.63, 3.8) is 0 Å². The zero-order valence-electron chi connectivity index (χ0n) is 8.10. The minimum atomic E-state index is 0.263. The zero-order chi connectivity index (χ0) is 9.68. The predicted molar refractivity (Wildman–Crippen MR) is 52.5 cm³/mol. The van der Waals surface area contributed by atoms with Crippen LogP contribution in [0.5, 0.6) is 0 Å². The Morgan fingerprint density at radius 3 is 2.69 bits per heavy atom. The van der Waals surface area contributed by atoms with Gasteiger partial charge in [0.2, 0.25) is 0 Å². The third-order valence-electron chi connectivity index (χ3n) is 2.22. The summed E-state index contributed by atoms with van der Waals surface area (Å²) in [6.07, 6.45) is 3.31. The molecule has 0 fully saturated rings. The van der Waals surface area contributed by atoms with Crippen molar-refractivity contribution in [2.75, 3.05) is 0 Å². The van der Waals surface area contributed by atoms with Gasteiger partial charge in [0, 0.05) is 24.2 Å². The van der Waals surface area contributed by atoms with Gasteiger partial charge in [-0.3, -0.25) is 4.98 Å². The summed E-state index contributed by atoms with van der Waals surface area (Å²) in [5.74, 6) is 0.721. The molecule has 0 spiro atoms. The summed E-state index contributed by atoms with van der Waals surface area (Å²) >= 11 is 0. The number of nitrogens with zero attached hydrogens (tertiary/aromatic N) is 1. The lowest BCUT2D eigenvalue weighted by atomic mass is 9.90. The van der Waals surface area contributed by atoms with Crippen LogP contribution in [0.25, 0.3) is 0 Å². The highest BCUT2D eigenvalue weighted by Crippen LogP contribution is 2.24. The van der Waals surface area contributed by atoms with E-state index in [-0.39, 0.29) is 5.92 Å². The molecule has 0 saturated heterocycles.